The van der Waals surface area contributed by atoms with E-state index in [9.17, 15) is 14.4 Å². The van der Waals surface area contributed by atoms with E-state index in [1.165, 1.54) is 116 Å². The number of carbonyl (C=O) groups is 3. The molecule has 6 nitrogen and oxygen atoms in total. The lowest BCUT2D eigenvalue weighted by Crippen LogP contribution is -2.30. The minimum Gasteiger partial charge on any atom is -0.462 e. The highest BCUT2D eigenvalue weighted by molar-refractivity contribution is 5.71. The van der Waals surface area contributed by atoms with Gasteiger partial charge in [-0.1, -0.05) is 271 Å². The van der Waals surface area contributed by atoms with Crippen LogP contribution in [0.5, 0.6) is 0 Å². The van der Waals surface area contributed by atoms with Crippen molar-refractivity contribution in [3.05, 3.63) is 109 Å². The molecule has 1 atom stereocenters. The van der Waals surface area contributed by atoms with Gasteiger partial charge in [0.25, 0.3) is 0 Å². The minimum atomic E-state index is -0.798. The number of ether oxygens (including phenoxy) is 3. The third-order valence-corrected chi connectivity index (χ3v) is 12.3. The quantitative estimate of drug-likeness (QED) is 0.0261. The van der Waals surface area contributed by atoms with Crippen molar-refractivity contribution in [1.82, 2.24) is 0 Å². The van der Waals surface area contributed by atoms with Gasteiger partial charge in [-0.05, 0) is 83.5 Å². The zero-order valence-corrected chi connectivity index (χ0v) is 46.2. The van der Waals surface area contributed by atoms with Gasteiger partial charge in [0.15, 0.2) is 6.10 Å². The van der Waals surface area contributed by atoms with Gasteiger partial charge in [-0.25, -0.2) is 0 Å². The molecule has 0 heterocycles. The summed E-state index contributed by atoms with van der Waals surface area (Å²) in [5.41, 5.74) is 0. The summed E-state index contributed by atoms with van der Waals surface area (Å²) in [6, 6.07) is 0. The van der Waals surface area contributed by atoms with Gasteiger partial charge in [-0.15, -0.1) is 0 Å². The van der Waals surface area contributed by atoms with Gasteiger partial charge < -0.3 is 14.2 Å². The summed E-state index contributed by atoms with van der Waals surface area (Å²) < 4.78 is 16.8. The third-order valence-electron chi connectivity index (χ3n) is 12.3. The molecule has 0 aliphatic heterocycles. The van der Waals surface area contributed by atoms with Crippen molar-refractivity contribution >= 4 is 17.9 Å². The summed E-state index contributed by atoms with van der Waals surface area (Å²) in [5.74, 6) is -0.953. The number of esters is 3. The standard InChI is InChI=1S/C65H108O6/c1-4-7-10-13-16-19-22-25-26-27-28-29-30-31-32-33-34-35-36-37-38-39-40-41-44-46-49-52-55-58-64(67)70-61-62(71-65(68)59-56-53-50-47-43-24-21-18-15-12-9-6-3)60-69-63(66)57-54-51-48-45-42-23-20-17-14-11-8-5-2/h7,10,16,19,25-26,28-29,31-32,34-35,37-38,40-41,46,49,62H,4-6,8-9,11-15,17-18,20-24,27,30,33,36,39,42-45,47-48,50-61H2,1-3H3/b10-7-,19-16-,26-25-,29-28-,32-31-,35-34-,38-37-,41-40-,49-46-. The van der Waals surface area contributed by atoms with E-state index in [2.05, 4.69) is 130 Å². The maximum atomic E-state index is 12.8. The highest BCUT2D eigenvalue weighted by Gasteiger charge is 2.19. The SMILES string of the molecule is CC/C=C\C/C=C\C/C=C\C/C=C\C/C=C\C/C=C\C/C=C\C/C=C\C/C=C\CCCC(=O)OCC(COC(=O)CCCCCCCCCCCCCC)OC(=O)CCCCCCCCCCCCCC. The zero-order chi connectivity index (χ0) is 51.4. The monoisotopic (exact) mass is 985 g/mol. The minimum absolute atomic E-state index is 0.0932. The van der Waals surface area contributed by atoms with Gasteiger partial charge in [0, 0.05) is 19.3 Å². The molecule has 0 saturated carbocycles. The second kappa shape index (κ2) is 58.6. The second-order valence-corrected chi connectivity index (χ2v) is 19.2. The molecule has 0 radical (unpaired) electrons. The molecule has 0 aromatic carbocycles. The Labute approximate surface area is 438 Å². The fraction of sp³-hybridized carbons (Fsp3) is 0.677. The molecule has 0 spiro atoms. The molecule has 0 fully saturated rings. The number of allylic oxidation sites excluding steroid dienone is 18. The molecular weight excluding hydrogens is 877 g/mol. The molecule has 0 N–H and O–H groups in total. The Morgan fingerprint density at radius 2 is 0.549 bits per heavy atom. The summed E-state index contributed by atoms with van der Waals surface area (Å²) in [6.45, 7) is 6.47. The fourth-order valence-corrected chi connectivity index (χ4v) is 7.91. The number of rotatable bonds is 52. The second-order valence-electron chi connectivity index (χ2n) is 19.2. The van der Waals surface area contributed by atoms with E-state index in [-0.39, 0.29) is 37.5 Å². The summed E-state index contributed by atoms with van der Waals surface area (Å²) in [6.07, 6.45) is 79.5. The van der Waals surface area contributed by atoms with Crippen LogP contribution in [0.1, 0.15) is 265 Å². The average molecular weight is 986 g/mol. The van der Waals surface area contributed by atoms with E-state index in [1.807, 2.05) is 0 Å². The Morgan fingerprint density at radius 3 is 0.859 bits per heavy atom. The van der Waals surface area contributed by atoms with E-state index in [0.29, 0.717) is 19.3 Å². The first-order valence-corrected chi connectivity index (χ1v) is 29.4. The first-order valence-electron chi connectivity index (χ1n) is 29.4. The summed E-state index contributed by atoms with van der Waals surface area (Å²) in [4.78, 5) is 38.0. The van der Waals surface area contributed by atoms with E-state index >= 15 is 0 Å². The molecular formula is C65H108O6. The molecule has 6 heteroatoms. The molecule has 1 unspecified atom stereocenters. The Balaban J connectivity index is 4.37. The van der Waals surface area contributed by atoms with E-state index < -0.39 is 6.10 Å². The molecule has 0 rings (SSSR count). The smallest absolute Gasteiger partial charge is 0.306 e. The highest BCUT2D eigenvalue weighted by Crippen LogP contribution is 2.15. The molecule has 0 amide bonds. The van der Waals surface area contributed by atoms with Crippen LogP contribution in [-0.2, 0) is 28.6 Å². The predicted octanol–water partition coefficient (Wildman–Crippen LogP) is 19.9. The van der Waals surface area contributed by atoms with Crippen molar-refractivity contribution in [3.63, 3.8) is 0 Å². The van der Waals surface area contributed by atoms with E-state index in [0.717, 1.165) is 103 Å². The predicted molar refractivity (Wildman–Crippen MR) is 307 cm³/mol. The average Bonchev–Trinajstić information content (AvgIpc) is 3.37. The first-order chi connectivity index (χ1) is 35.0. The van der Waals surface area contributed by atoms with Crippen LogP contribution < -0.4 is 0 Å². The third kappa shape index (κ3) is 56.9. The van der Waals surface area contributed by atoms with Crippen LogP contribution in [0.15, 0.2) is 109 Å². The van der Waals surface area contributed by atoms with Crippen LogP contribution >= 0.6 is 0 Å². The molecule has 0 saturated heterocycles. The normalized spacial score (nSPS) is 12.9. The summed E-state index contributed by atoms with van der Waals surface area (Å²) in [7, 11) is 0. The maximum absolute atomic E-state index is 12.8. The van der Waals surface area contributed by atoms with Crippen LogP contribution in [0.3, 0.4) is 0 Å². The van der Waals surface area contributed by atoms with E-state index in [1.54, 1.807) is 0 Å². The topological polar surface area (TPSA) is 78.9 Å². The van der Waals surface area contributed by atoms with Gasteiger partial charge in [-0.2, -0.15) is 0 Å². The maximum Gasteiger partial charge on any atom is 0.306 e. The van der Waals surface area contributed by atoms with Gasteiger partial charge in [-0.3, -0.25) is 14.4 Å². The van der Waals surface area contributed by atoms with Crippen LogP contribution in [0.25, 0.3) is 0 Å². The van der Waals surface area contributed by atoms with Crippen molar-refractivity contribution in [1.29, 1.82) is 0 Å². The van der Waals surface area contributed by atoms with Gasteiger partial charge in [0.05, 0.1) is 0 Å². The van der Waals surface area contributed by atoms with Gasteiger partial charge in [0.1, 0.15) is 13.2 Å². The van der Waals surface area contributed by atoms with Crippen LogP contribution in [-0.4, -0.2) is 37.2 Å². The Bertz CT molecular complexity index is 1460. The molecule has 0 aromatic rings. The molecule has 0 bridgehead atoms. The fourth-order valence-electron chi connectivity index (χ4n) is 7.91. The Hall–Kier alpha value is -3.93. The van der Waals surface area contributed by atoms with Gasteiger partial charge >= 0.3 is 17.9 Å². The van der Waals surface area contributed by atoms with Crippen LogP contribution in [0.4, 0.5) is 0 Å². The highest BCUT2D eigenvalue weighted by atomic mass is 16.6. The number of hydrogen-bond donors (Lipinski definition) is 0. The Kier molecular flexibility index (Phi) is 55.4. The van der Waals surface area contributed by atoms with Crippen molar-refractivity contribution in [2.24, 2.45) is 0 Å². The zero-order valence-electron chi connectivity index (χ0n) is 46.2. The molecule has 71 heavy (non-hydrogen) atoms. The molecule has 0 aliphatic rings. The molecule has 0 aliphatic carbocycles. The van der Waals surface area contributed by atoms with Crippen molar-refractivity contribution in [2.75, 3.05) is 13.2 Å². The van der Waals surface area contributed by atoms with Crippen molar-refractivity contribution in [3.8, 4) is 0 Å². The first kappa shape index (κ1) is 67.1. The number of carbonyl (C=O) groups excluding carboxylic acids is 3. The lowest BCUT2D eigenvalue weighted by molar-refractivity contribution is -0.167. The lowest BCUT2D eigenvalue weighted by atomic mass is 10.0. The van der Waals surface area contributed by atoms with E-state index in [4.69, 9.17) is 14.2 Å². The number of hydrogen-bond acceptors (Lipinski definition) is 6. The van der Waals surface area contributed by atoms with Crippen molar-refractivity contribution < 1.29 is 28.6 Å². The van der Waals surface area contributed by atoms with Gasteiger partial charge in [0.2, 0.25) is 0 Å². The Morgan fingerprint density at radius 1 is 0.296 bits per heavy atom. The summed E-state index contributed by atoms with van der Waals surface area (Å²) in [5, 5.41) is 0. The lowest BCUT2D eigenvalue weighted by Gasteiger charge is -2.18. The van der Waals surface area contributed by atoms with Crippen LogP contribution in [0.2, 0.25) is 0 Å². The number of unbranched alkanes of at least 4 members (excludes halogenated alkanes) is 23. The largest absolute Gasteiger partial charge is 0.462 e. The molecule has 404 valence electrons. The molecule has 0 aromatic heterocycles. The van der Waals surface area contributed by atoms with Crippen LogP contribution in [0, 0.1) is 0 Å². The summed E-state index contributed by atoms with van der Waals surface area (Å²) >= 11 is 0. The van der Waals surface area contributed by atoms with Crippen molar-refractivity contribution in [2.45, 2.75) is 271 Å².